The largest absolute Gasteiger partial charge is 0.397 e. The maximum Gasteiger partial charge on any atom is 0.128 e. The molecule has 0 bridgehead atoms. The number of anilines is 2. The highest BCUT2D eigenvalue weighted by atomic mass is 15.2. The summed E-state index contributed by atoms with van der Waals surface area (Å²) in [6, 6.07) is 2.14. The minimum atomic E-state index is 0.798. The Labute approximate surface area is 109 Å². The number of fused-ring (bicyclic) bond motifs is 1. The van der Waals surface area contributed by atoms with E-state index >= 15 is 0 Å². The Morgan fingerprint density at radius 1 is 1.22 bits per heavy atom. The summed E-state index contributed by atoms with van der Waals surface area (Å²) >= 11 is 0. The van der Waals surface area contributed by atoms with Gasteiger partial charge in [-0.1, -0.05) is 19.3 Å². The van der Waals surface area contributed by atoms with Crippen molar-refractivity contribution in [3.05, 3.63) is 17.8 Å². The third-order valence-electron chi connectivity index (χ3n) is 4.75. The molecule has 1 aliphatic carbocycles. The summed E-state index contributed by atoms with van der Waals surface area (Å²) in [7, 11) is 0. The Bertz CT molecular complexity index is 430. The highest BCUT2D eigenvalue weighted by Gasteiger charge is 2.31. The minimum Gasteiger partial charge on any atom is -0.397 e. The van der Waals surface area contributed by atoms with Gasteiger partial charge in [-0.25, -0.2) is 4.98 Å². The van der Waals surface area contributed by atoms with E-state index < -0.39 is 0 Å². The lowest BCUT2D eigenvalue weighted by molar-refractivity contribution is 0.202. The Balaban J connectivity index is 1.75. The quantitative estimate of drug-likeness (QED) is 0.827. The summed E-state index contributed by atoms with van der Waals surface area (Å²) in [4.78, 5) is 6.96. The van der Waals surface area contributed by atoms with Gasteiger partial charge in [-0.05, 0) is 43.2 Å². The first-order valence-electron chi connectivity index (χ1n) is 7.21. The van der Waals surface area contributed by atoms with Gasteiger partial charge in [0.25, 0.3) is 0 Å². The number of nitrogens with zero attached hydrogens (tertiary/aromatic N) is 2. The van der Waals surface area contributed by atoms with Crippen LogP contribution >= 0.6 is 0 Å². The Kier molecular flexibility index (Phi) is 3.14. The molecule has 3 rings (SSSR count). The Morgan fingerprint density at radius 3 is 2.78 bits per heavy atom. The van der Waals surface area contributed by atoms with Crippen molar-refractivity contribution in [3.8, 4) is 0 Å². The van der Waals surface area contributed by atoms with Crippen LogP contribution in [0.5, 0.6) is 0 Å². The summed E-state index contributed by atoms with van der Waals surface area (Å²) in [5.41, 5.74) is 7.79. The van der Waals surface area contributed by atoms with E-state index in [4.69, 9.17) is 5.73 Å². The van der Waals surface area contributed by atoms with Gasteiger partial charge in [-0.2, -0.15) is 0 Å². The van der Waals surface area contributed by atoms with Crippen LogP contribution < -0.4 is 10.6 Å². The number of aryl methyl sites for hydroxylation is 1. The summed E-state index contributed by atoms with van der Waals surface area (Å²) in [6.45, 7) is 4.42. The van der Waals surface area contributed by atoms with Crippen LogP contribution in [0.2, 0.25) is 0 Å². The van der Waals surface area contributed by atoms with Crippen LogP contribution in [0.1, 0.15) is 37.7 Å². The molecule has 2 N–H and O–H groups in total. The van der Waals surface area contributed by atoms with Gasteiger partial charge >= 0.3 is 0 Å². The first-order chi connectivity index (χ1) is 8.74. The molecule has 2 unspecified atom stereocenters. The molecule has 98 valence electrons. The zero-order chi connectivity index (χ0) is 12.5. The highest BCUT2D eigenvalue weighted by molar-refractivity contribution is 5.52. The van der Waals surface area contributed by atoms with Crippen molar-refractivity contribution in [1.29, 1.82) is 0 Å². The molecule has 3 heteroatoms. The molecule has 2 heterocycles. The zero-order valence-electron chi connectivity index (χ0n) is 11.2. The van der Waals surface area contributed by atoms with E-state index in [9.17, 15) is 0 Å². The lowest BCUT2D eigenvalue weighted by Gasteiger charge is -2.41. The SMILES string of the molecule is Cc1cc(N2CCC3CCCCC3C2)ncc1N. The second-order valence-corrected chi connectivity index (χ2v) is 5.94. The molecule has 2 aliphatic rings. The fraction of sp³-hybridized carbons (Fsp3) is 0.667. The standard InChI is InChI=1S/C15H23N3/c1-11-8-15(17-9-14(11)16)18-7-6-12-4-2-3-5-13(12)10-18/h8-9,12-13H,2-7,10,16H2,1H3. The topological polar surface area (TPSA) is 42.2 Å². The predicted octanol–water partition coefficient (Wildman–Crippen LogP) is 2.99. The molecule has 0 aromatic carbocycles. The van der Waals surface area contributed by atoms with Gasteiger partial charge in [-0.15, -0.1) is 0 Å². The summed E-state index contributed by atoms with van der Waals surface area (Å²) in [6.07, 6.45) is 8.87. The number of nitrogen functional groups attached to an aromatic ring is 1. The molecule has 0 amide bonds. The van der Waals surface area contributed by atoms with Crippen molar-refractivity contribution in [2.45, 2.75) is 39.0 Å². The molecule has 1 aliphatic heterocycles. The lowest BCUT2D eigenvalue weighted by atomic mass is 9.75. The van der Waals surface area contributed by atoms with Crippen molar-refractivity contribution < 1.29 is 0 Å². The van der Waals surface area contributed by atoms with Gasteiger partial charge in [0.2, 0.25) is 0 Å². The summed E-state index contributed by atoms with van der Waals surface area (Å²) in [5.74, 6) is 2.99. The molecule has 2 atom stereocenters. The average molecular weight is 245 g/mol. The smallest absolute Gasteiger partial charge is 0.128 e. The van der Waals surface area contributed by atoms with Crippen LogP contribution in [-0.4, -0.2) is 18.1 Å². The second kappa shape index (κ2) is 4.79. The number of rotatable bonds is 1. The number of nitrogens with two attached hydrogens (primary N) is 1. The first kappa shape index (κ1) is 11.8. The van der Waals surface area contributed by atoms with Gasteiger partial charge in [0.05, 0.1) is 11.9 Å². The maximum absolute atomic E-state index is 5.84. The van der Waals surface area contributed by atoms with Crippen LogP contribution in [0.3, 0.4) is 0 Å². The molecule has 1 saturated carbocycles. The number of hydrogen-bond acceptors (Lipinski definition) is 3. The number of pyridine rings is 1. The van der Waals surface area contributed by atoms with Gasteiger partial charge in [-0.3, -0.25) is 0 Å². The van der Waals surface area contributed by atoms with Gasteiger partial charge < -0.3 is 10.6 Å². The van der Waals surface area contributed by atoms with Crippen molar-refractivity contribution in [2.24, 2.45) is 11.8 Å². The first-order valence-corrected chi connectivity index (χ1v) is 7.21. The average Bonchev–Trinajstić information content (AvgIpc) is 2.41. The van der Waals surface area contributed by atoms with E-state index in [0.29, 0.717) is 0 Å². The van der Waals surface area contributed by atoms with Crippen molar-refractivity contribution in [2.75, 3.05) is 23.7 Å². The third kappa shape index (κ3) is 2.18. The van der Waals surface area contributed by atoms with Crippen LogP contribution in [0.15, 0.2) is 12.3 Å². The van der Waals surface area contributed by atoms with Crippen LogP contribution in [0.4, 0.5) is 11.5 Å². The molecule has 18 heavy (non-hydrogen) atoms. The van der Waals surface area contributed by atoms with Crippen LogP contribution in [0.25, 0.3) is 0 Å². The third-order valence-corrected chi connectivity index (χ3v) is 4.75. The molecule has 1 aromatic rings. The molecule has 3 nitrogen and oxygen atoms in total. The molecule has 0 radical (unpaired) electrons. The van der Waals surface area contributed by atoms with Gasteiger partial charge in [0.1, 0.15) is 5.82 Å². The number of hydrogen-bond donors (Lipinski definition) is 1. The molecule has 1 saturated heterocycles. The molecule has 1 aromatic heterocycles. The highest BCUT2D eigenvalue weighted by Crippen LogP contribution is 2.37. The normalized spacial score (nSPS) is 27.9. The molecule has 0 spiro atoms. The van der Waals surface area contributed by atoms with Crippen molar-refractivity contribution in [3.63, 3.8) is 0 Å². The Hall–Kier alpha value is -1.25. The van der Waals surface area contributed by atoms with Gasteiger partial charge in [0, 0.05) is 13.1 Å². The van der Waals surface area contributed by atoms with Crippen molar-refractivity contribution >= 4 is 11.5 Å². The lowest BCUT2D eigenvalue weighted by Crippen LogP contribution is -2.42. The summed E-state index contributed by atoms with van der Waals surface area (Å²) in [5, 5.41) is 0. The van der Waals surface area contributed by atoms with Crippen LogP contribution in [-0.2, 0) is 0 Å². The minimum absolute atomic E-state index is 0.798. The van der Waals surface area contributed by atoms with E-state index in [2.05, 4.69) is 22.9 Å². The summed E-state index contributed by atoms with van der Waals surface area (Å²) < 4.78 is 0. The second-order valence-electron chi connectivity index (χ2n) is 5.94. The Morgan fingerprint density at radius 2 is 2.00 bits per heavy atom. The van der Waals surface area contributed by atoms with Gasteiger partial charge in [0.15, 0.2) is 0 Å². The number of piperidine rings is 1. The molecular weight excluding hydrogens is 222 g/mol. The zero-order valence-corrected chi connectivity index (χ0v) is 11.2. The van der Waals surface area contributed by atoms with E-state index in [-0.39, 0.29) is 0 Å². The number of aromatic nitrogens is 1. The fourth-order valence-electron chi connectivity index (χ4n) is 3.53. The van der Waals surface area contributed by atoms with E-state index in [1.54, 1.807) is 6.20 Å². The van der Waals surface area contributed by atoms with E-state index in [1.165, 1.54) is 38.6 Å². The predicted molar refractivity (Wildman–Crippen MR) is 75.7 cm³/mol. The molecule has 2 fully saturated rings. The van der Waals surface area contributed by atoms with Crippen molar-refractivity contribution in [1.82, 2.24) is 4.98 Å². The van der Waals surface area contributed by atoms with E-state index in [0.717, 1.165) is 35.4 Å². The monoisotopic (exact) mass is 245 g/mol. The molecular formula is C15H23N3. The fourth-order valence-corrected chi connectivity index (χ4v) is 3.53. The van der Waals surface area contributed by atoms with E-state index in [1.807, 2.05) is 0 Å². The van der Waals surface area contributed by atoms with Crippen LogP contribution in [0, 0.1) is 18.8 Å². The maximum atomic E-state index is 5.84.